The lowest BCUT2D eigenvalue weighted by Crippen LogP contribution is -2.39. The Bertz CT molecular complexity index is 1780. The Labute approximate surface area is 308 Å². The average molecular weight is 731 g/mol. The van der Waals surface area contributed by atoms with Crippen molar-refractivity contribution < 1.29 is 28.3 Å². The molecule has 11 nitrogen and oxygen atoms in total. The van der Waals surface area contributed by atoms with E-state index in [0.717, 1.165) is 28.2 Å². The molecule has 1 aliphatic heterocycles. The molecule has 12 heteroatoms. The molecule has 52 heavy (non-hydrogen) atoms. The van der Waals surface area contributed by atoms with E-state index in [0.29, 0.717) is 12.0 Å². The summed E-state index contributed by atoms with van der Waals surface area (Å²) in [7, 11) is 2.25. The van der Waals surface area contributed by atoms with E-state index >= 15 is 0 Å². The van der Waals surface area contributed by atoms with E-state index in [1.54, 1.807) is 27.3 Å². The normalized spacial score (nSPS) is 18.2. The molecule has 1 fully saturated rings. The SMILES string of the molecule is COc1ccc(C(OC[C@H]2O[C@@H](n3cc(C)c(NC(C)=O)nc3=O)C[C@@H]2OP(C)N(C(C)C)C(C)C)(c2ccccc2)c2ccc(OC)cc2)cc1. The van der Waals surface area contributed by atoms with Crippen molar-refractivity contribution in [2.45, 2.75) is 84.1 Å². The Morgan fingerprint density at radius 1 is 0.942 bits per heavy atom. The van der Waals surface area contributed by atoms with Gasteiger partial charge >= 0.3 is 5.69 Å². The summed E-state index contributed by atoms with van der Waals surface area (Å²) < 4.78 is 35.8. The van der Waals surface area contributed by atoms with Crippen LogP contribution in [0.1, 0.15) is 69.5 Å². The molecule has 1 N–H and O–H groups in total. The van der Waals surface area contributed by atoms with Crippen LogP contribution in [0.4, 0.5) is 5.82 Å². The van der Waals surface area contributed by atoms with Crippen molar-refractivity contribution in [2.24, 2.45) is 0 Å². The molecule has 1 saturated heterocycles. The summed E-state index contributed by atoms with van der Waals surface area (Å²) in [6, 6.07) is 26.4. The standard InChI is InChI=1S/C40H51N4O7P/c1-26(2)44(27(3)4)52(9)51-35-23-37(43-24-28(5)38(41-29(6)45)42-39(43)46)50-36(35)25-49-40(30-13-11-10-12-14-30,31-15-19-33(47-7)20-16-31)32-17-21-34(48-8)22-18-32/h10-22,24,26-27,35-37H,23,25H2,1-9H3,(H,41,42,45,46)/t35-,36+,37+,52?/m0/s1. The molecular formula is C40H51N4O7P. The molecule has 0 aliphatic carbocycles. The third-order valence-electron chi connectivity index (χ3n) is 9.23. The smallest absolute Gasteiger partial charge is 0.351 e. The Kier molecular flexibility index (Phi) is 12.9. The molecule has 0 spiro atoms. The van der Waals surface area contributed by atoms with Crippen LogP contribution in [-0.4, -0.2) is 71.9 Å². The van der Waals surface area contributed by atoms with Crippen molar-refractivity contribution in [3.05, 3.63) is 118 Å². The molecule has 1 aliphatic rings. The van der Waals surface area contributed by atoms with E-state index < -0.39 is 38.0 Å². The van der Waals surface area contributed by atoms with Crippen LogP contribution in [-0.2, 0) is 24.4 Å². The molecule has 278 valence electrons. The molecule has 0 radical (unpaired) electrons. The third kappa shape index (κ3) is 8.56. The van der Waals surface area contributed by atoms with Gasteiger partial charge in [0.15, 0.2) is 0 Å². The molecule has 3 aromatic carbocycles. The van der Waals surface area contributed by atoms with E-state index in [4.69, 9.17) is 23.5 Å². The number of aryl methyl sites for hydroxylation is 1. The van der Waals surface area contributed by atoms with Crippen molar-refractivity contribution in [1.82, 2.24) is 14.2 Å². The second kappa shape index (κ2) is 17.1. The predicted molar refractivity (Wildman–Crippen MR) is 204 cm³/mol. The maximum absolute atomic E-state index is 13.4. The highest BCUT2D eigenvalue weighted by Gasteiger charge is 2.44. The number of hydrogen-bond acceptors (Lipinski definition) is 9. The molecule has 1 aromatic heterocycles. The molecule has 1 unspecified atom stereocenters. The van der Waals surface area contributed by atoms with Crippen LogP contribution in [0.3, 0.4) is 0 Å². The van der Waals surface area contributed by atoms with Crippen LogP contribution in [0, 0.1) is 6.92 Å². The van der Waals surface area contributed by atoms with Gasteiger partial charge in [0.25, 0.3) is 0 Å². The van der Waals surface area contributed by atoms with Gasteiger partial charge in [-0.15, -0.1) is 0 Å². The molecule has 4 aromatic rings. The zero-order valence-corrected chi connectivity index (χ0v) is 32.4. The Morgan fingerprint density at radius 3 is 1.98 bits per heavy atom. The van der Waals surface area contributed by atoms with Gasteiger partial charge in [-0.1, -0.05) is 54.6 Å². The molecule has 0 saturated carbocycles. The quantitative estimate of drug-likeness (QED) is 0.0997. The number of ether oxygens (including phenoxy) is 4. The topological polar surface area (TPSA) is 113 Å². The zero-order valence-electron chi connectivity index (χ0n) is 31.5. The van der Waals surface area contributed by atoms with Crippen LogP contribution < -0.4 is 20.5 Å². The molecule has 2 heterocycles. The molecule has 0 bridgehead atoms. The van der Waals surface area contributed by atoms with Gasteiger partial charge in [0, 0.05) is 37.2 Å². The van der Waals surface area contributed by atoms with E-state index in [1.165, 1.54) is 11.5 Å². The van der Waals surface area contributed by atoms with Gasteiger partial charge < -0.3 is 28.8 Å². The van der Waals surface area contributed by atoms with Gasteiger partial charge in [-0.2, -0.15) is 4.98 Å². The van der Waals surface area contributed by atoms with Crippen LogP contribution in [0.2, 0.25) is 0 Å². The van der Waals surface area contributed by atoms with E-state index in [1.807, 2.05) is 66.7 Å². The van der Waals surface area contributed by atoms with Crippen LogP contribution in [0.25, 0.3) is 0 Å². The fraction of sp³-hybridized carbons (Fsp3) is 0.425. The molecular weight excluding hydrogens is 679 g/mol. The minimum absolute atomic E-state index is 0.131. The second-order valence-corrected chi connectivity index (χ2v) is 15.1. The summed E-state index contributed by atoms with van der Waals surface area (Å²) in [6.07, 6.45) is 0.431. The lowest BCUT2D eigenvalue weighted by atomic mass is 9.80. The minimum Gasteiger partial charge on any atom is -0.497 e. The Morgan fingerprint density at radius 2 is 1.48 bits per heavy atom. The number of anilines is 1. The Balaban J connectivity index is 1.58. The van der Waals surface area contributed by atoms with Crippen molar-refractivity contribution >= 4 is 20.0 Å². The van der Waals surface area contributed by atoms with Crippen LogP contribution in [0.15, 0.2) is 89.9 Å². The summed E-state index contributed by atoms with van der Waals surface area (Å²) in [5.74, 6) is 1.38. The first-order valence-corrected chi connectivity index (χ1v) is 19.2. The largest absolute Gasteiger partial charge is 0.497 e. The highest BCUT2D eigenvalue weighted by atomic mass is 31.2. The van der Waals surface area contributed by atoms with Gasteiger partial charge in [0.1, 0.15) is 43.5 Å². The molecule has 4 atom stereocenters. The first-order valence-electron chi connectivity index (χ1n) is 17.6. The number of aromatic nitrogens is 2. The van der Waals surface area contributed by atoms with Crippen molar-refractivity contribution in [1.29, 1.82) is 0 Å². The maximum atomic E-state index is 13.4. The number of methoxy groups -OCH3 is 2. The zero-order chi connectivity index (χ0) is 37.6. The molecule has 5 rings (SSSR count). The van der Waals surface area contributed by atoms with Gasteiger partial charge in [0.05, 0.1) is 26.9 Å². The van der Waals surface area contributed by atoms with E-state index in [-0.39, 0.29) is 30.4 Å². The highest BCUT2D eigenvalue weighted by Crippen LogP contribution is 2.47. The van der Waals surface area contributed by atoms with Gasteiger partial charge in [-0.25, -0.2) is 4.79 Å². The third-order valence-corrected chi connectivity index (χ3v) is 11.4. The predicted octanol–water partition coefficient (Wildman–Crippen LogP) is 7.27. The number of carbonyl (C=O) groups is 1. The average Bonchev–Trinajstić information content (AvgIpc) is 3.52. The van der Waals surface area contributed by atoms with Crippen LogP contribution >= 0.6 is 8.30 Å². The number of hydrogen-bond donors (Lipinski definition) is 1. The summed E-state index contributed by atoms with van der Waals surface area (Å²) in [5, 5.41) is 2.64. The second-order valence-electron chi connectivity index (χ2n) is 13.5. The van der Waals surface area contributed by atoms with Gasteiger partial charge in [-0.05, 0) is 82.2 Å². The first kappa shape index (κ1) is 39.1. The monoisotopic (exact) mass is 730 g/mol. The summed E-state index contributed by atoms with van der Waals surface area (Å²) in [4.78, 5) is 29.3. The lowest BCUT2D eigenvalue weighted by molar-refractivity contribution is -0.114. The van der Waals surface area contributed by atoms with Gasteiger partial charge in [0.2, 0.25) is 5.91 Å². The van der Waals surface area contributed by atoms with Crippen molar-refractivity contribution in [3.63, 3.8) is 0 Å². The van der Waals surface area contributed by atoms with E-state index in [2.05, 4.69) is 61.5 Å². The van der Waals surface area contributed by atoms with Crippen molar-refractivity contribution in [3.8, 4) is 11.5 Å². The summed E-state index contributed by atoms with van der Waals surface area (Å²) in [5.41, 5.74) is 1.75. The van der Waals surface area contributed by atoms with Gasteiger partial charge in [-0.3, -0.25) is 14.0 Å². The minimum atomic E-state index is -1.07. The highest BCUT2D eigenvalue weighted by molar-refractivity contribution is 7.49. The number of amides is 1. The number of nitrogens with zero attached hydrogens (tertiary/aromatic N) is 3. The number of carbonyl (C=O) groups excluding carboxylic acids is 1. The van der Waals surface area contributed by atoms with Crippen molar-refractivity contribution in [2.75, 3.05) is 32.8 Å². The number of benzene rings is 3. The van der Waals surface area contributed by atoms with E-state index in [9.17, 15) is 9.59 Å². The fourth-order valence-electron chi connectivity index (χ4n) is 6.98. The summed E-state index contributed by atoms with van der Waals surface area (Å²) >= 11 is 0. The summed E-state index contributed by atoms with van der Waals surface area (Å²) in [6.45, 7) is 14.1. The maximum Gasteiger partial charge on any atom is 0.351 e. The lowest BCUT2D eigenvalue weighted by Gasteiger charge is -2.39. The number of rotatable bonds is 15. The number of nitrogens with one attached hydrogen (secondary N) is 1. The first-order chi connectivity index (χ1) is 24.9. The van der Waals surface area contributed by atoms with Crippen LogP contribution in [0.5, 0.6) is 11.5 Å². The Hall–Kier alpha value is -4.12. The molecule has 1 amide bonds. The fourth-order valence-corrected chi connectivity index (χ4v) is 9.00.